The number of carbonyl (C=O) groups is 1. The molecular weight excluding hydrogens is 338 g/mol. The van der Waals surface area contributed by atoms with E-state index in [-0.39, 0.29) is 18.0 Å². The maximum absolute atomic E-state index is 12.7. The van der Waals surface area contributed by atoms with Gasteiger partial charge in [-0.3, -0.25) is 18.7 Å². The van der Waals surface area contributed by atoms with Crippen molar-refractivity contribution in [3.63, 3.8) is 0 Å². The second kappa shape index (κ2) is 7.48. The molecule has 0 radical (unpaired) electrons. The lowest BCUT2D eigenvalue weighted by molar-refractivity contribution is -0.121. The topological polar surface area (TPSA) is 73.1 Å². The Morgan fingerprint density at radius 3 is 2.60 bits per heavy atom. The van der Waals surface area contributed by atoms with Crippen LogP contribution >= 0.6 is 11.3 Å². The van der Waals surface area contributed by atoms with Crippen molar-refractivity contribution in [2.75, 3.05) is 0 Å². The Morgan fingerprint density at radius 2 is 1.88 bits per heavy atom. The summed E-state index contributed by atoms with van der Waals surface area (Å²) in [5, 5.41) is 4.58. The number of nitrogens with one attached hydrogen (secondary N) is 1. The third-order valence-electron chi connectivity index (χ3n) is 3.92. The Morgan fingerprint density at radius 1 is 1.12 bits per heavy atom. The molecule has 25 heavy (non-hydrogen) atoms. The molecule has 130 valence electrons. The third-order valence-corrected chi connectivity index (χ3v) is 4.81. The van der Waals surface area contributed by atoms with E-state index in [2.05, 4.69) is 5.32 Å². The zero-order chi connectivity index (χ0) is 17.8. The molecule has 0 unspecified atom stereocenters. The highest BCUT2D eigenvalue weighted by atomic mass is 32.1. The van der Waals surface area contributed by atoms with Crippen molar-refractivity contribution in [1.29, 1.82) is 0 Å². The van der Waals surface area contributed by atoms with E-state index in [1.54, 1.807) is 11.4 Å². The van der Waals surface area contributed by atoms with E-state index in [0.717, 1.165) is 5.56 Å². The largest absolute Gasteiger partial charge is 0.350 e. The highest BCUT2D eigenvalue weighted by Crippen LogP contribution is 2.15. The molecule has 0 saturated heterocycles. The number of hydrogen-bond donors (Lipinski definition) is 1. The van der Waals surface area contributed by atoms with E-state index in [0.29, 0.717) is 29.7 Å². The van der Waals surface area contributed by atoms with Crippen LogP contribution in [0, 0.1) is 0 Å². The van der Waals surface area contributed by atoms with Crippen LogP contribution in [0.2, 0.25) is 0 Å². The van der Waals surface area contributed by atoms with Crippen molar-refractivity contribution in [2.24, 2.45) is 0 Å². The first-order valence-corrected chi connectivity index (χ1v) is 9.01. The zero-order valence-corrected chi connectivity index (χ0v) is 14.7. The number of carbonyl (C=O) groups excluding carboxylic acids is 1. The number of benzene rings is 1. The molecule has 1 aromatic carbocycles. The molecule has 1 amide bonds. The minimum atomic E-state index is -0.437. The van der Waals surface area contributed by atoms with Crippen LogP contribution in [-0.4, -0.2) is 15.0 Å². The summed E-state index contributed by atoms with van der Waals surface area (Å²) in [6, 6.07) is 11.3. The molecule has 0 aliphatic carbocycles. The molecule has 0 atom stereocenters. The molecule has 3 rings (SSSR count). The van der Waals surface area contributed by atoms with Gasteiger partial charge in [-0.15, -0.1) is 11.3 Å². The summed E-state index contributed by atoms with van der Waals surface area (Å²) in [4.78, 5) is 37.4. The first-order chi connectivity index (χ1) is 12.1. The number of thiophene rings is 1. The molecule has 7 heteroatoms. The number of hydrogen-bond acceptors (Lipinski definition) is 4. The summed E-state index contributed by atoms with van der Waals surface area (Å²) in [7, 11) is 0. The molecule has 0 saturated carbocycles. The van der Waals surface area contributed by atoms with Crippen molar-refractivity contribution in [1.82, 2.24) is 14.5 Å². The minimum absolute atomic E-state index is 0.108. The van der Waals surface area contributed by atoms with E-state index < -0.39 is 5.69 Å². The van der Waals surface area contributed by atoms with E-state index in [1.807, 2.05) is 37.3 Å². The Kier molecular flexibility index (Phi) is 5.14. The number of amides is 1. The maximum Gasteiger partial charge on any atom is 0.332 e. The van der Waals surface area contributed by atoms with Gasteiger partial charge in [-0.1, -0.05) is 37.3 Å². The van der Waals surface area contributed by atoms with E-state index >= 15 is 0 Å². The lowest BCUT2D eigenvalue weighted by Gasteiger charge is -2.12. The molecule has 0 aliphatic heterocycles. The van der Waals surface area contributed by atoms with Gasteiger partial charge < -0.3 is 5.32 Å². The van der Waals surface area contributed by atoms with Gasteiger partial charge in [0.15, 0.2) is 0 Å². The second-order valence-electron chi connectivity index (χ2n) is 5.72. The maximum atomic E-state index is 12.7. The Hall–Kier alpha value is -2.67. The molecule has 2 heterocycles. The van der Waals surface area contributed by atoms with Gasteiger partial charge in [-0.25, -0.2) is 4.79 Å². The summed E-state index contributed by atoms with van der Waals surface area (Å²) in [5.74, 6) is -0.264. The Labute approximate surface area is 148 Å². The van der Waals surface area contributed by atoms with Gasteiger partial charge in [0.25, 0.3) is 5.56 Å². The van der Waals surface area contributed by atoms with Crippen LogP contribution < -0.4 is 16.6 Å². The van der Waals surface area contributed by atoms with Gasteiger partial charge in [-0.05, 0) is 23.4 Å². The Balaban J connectivity index is 1.88. The summed E-state index contributed by atoms with van der Waals surface area (Å²) in [5.41, 5.74) is 0.785. The van der Waals surface area contributed by atoms with E-state index in [9.17, 15) is 14.4 Å². The van der Waals surface area contributed by atoms with Crippen molar-refractivity contribution >= 4 is 27.5 Å². The van der Waals surface area contributed by atoms with Crippen molar-refractivity contribution in [3.8, 4) is 0 Å². The predicted octanol–water partition coefficient (Wildman–Crippen LogP) is 1.95. The standard InChI is InChI=1S/C18H19N3O3S/c1-2-9-20-17(23)16-14(8-10-25-16)21(18(20)24)12-15(22)19-11-13-6-4-3-5-7-13/h3-8,10H,2,9,11-12H2,1H3,(H,19,22). The molecule has 0 aliphatic rings. The van der Waals surface area contributed by atoms with Gasteiger partial charge in [0.1, 0.15) is 11.2 Å². The second-order valence-corrected chi connectivity index (χ2v) is 6.64. The SMILES string of the molecule is CCCn1c(=O)c2sccc2n(CC(=O)NCc2ccccc2)c1=O. The van der Waals surface area contributed by atoms with Crippen LogP contribution in [-0.2, 0) is 24.4 Å². The number of fused-ring (bicyclic) bond motifs is 1. The summed E-state index contributed by atoms with van der Waals surface area (Å²) in [6.45, 7) is 2.54. The van der Waals surface area contributed by atoms with Crippen LogP contribution in [0.25, 0.3) is 10.2 Å². The molecule has 6 nitrogen and oxygen atoms in total. The molecular formula is C18H19N3O3S. The van der Waals surface area contributed by atoms with Crippen LogP contribution in [0.4, 0.5) is 0 Å². The van der Waals surface area contributed by atoms with Crippen molar-refractivity contribution in [3.05, 3.63) is 68.2 Å². The molecule has 0 fully saturated rings. The van der Waals surface area contributed by atoms with Crippen LogP contribution in [0.1, 0.15) is 18.9 Å². The quantitative estimate of drug-likeness (QED) is 0.733. The van der Waals surface area contributed by atoms with Gasteiger partial charge in [0, 0.05) is 13.1 Å². The predicted molar refractivity (Wildman–Crippen MR) is 98.9 cm³/mol. The lowest BCUT2D eigenvalue weighted by Crippen LogP contribution is -2.42. The minimum Gasteiger partial charge on any atom is -0.350 e. The zero-order valence-electron chi connectivity index (χ0n) is 13.9. The summed E-state index contributed by atoms with van der Waals surface area (Å²) in [6.07, 6.45) is 0.673. The fraction of sp³-hybridized carbons (Fsp3) is 0.278. The first kappa shape index (κ1) is 17.2. The monoisotopic (exact) mass is 357 g/mol. The molecule has 2 aromatic heterocycles. The van der Waals surface area contributed by atoms with Crippen LogP contribution in [0.3, 0.4) is 0 Å². The molecule has 3 aromatic rings. The molecule has 0 spiro atoms. The highest BCUT2D eigenvalue weighted by molar-refractivity contribution is 7.17. The van der Waals surface area contributed by atoms with Crippen molar-refractivity contribution < 1.29 is 4.79 Å². The fourth-order valence-corrected chi connectivity index (χ4v) is 3.55. The van der Waals surface area contributed by atoms with Gasteiger partial charge in [0.2, 0.25) is 5.91 Å². The normalized spacial score (nSPS) is 10.9. The van der Waals surface area contributed by atoms with Crippen LogP contribution in [0.15, 0.2) is 51.4 Å². The average Bonchev–Trinajstić information content (AvgIpc) is 3.11. The lowest BCUT2D eigenvalue weighted by atomic mass is 10.2. The average molecular weight is 357 g/mol. The van der Waals surface area contributed by atoms with Gasteiger partial charge in [0.05, 0.1) is 5.52 Å². The third kappa shape index (κ3) is 3.56. The Bertz CT molecular complexity index is 1000. The number of rotatable bonds is 6. The van der Waals surface area contributed by atoms with Gasteiger partial charge in [-0.2, -0.15) is 0 Å². The number of aromatic nitrogens is 2. The van der Waals surface area contributed by atoms with Crippen LogP contribution in [0.5, 0.6) is 0 Å². The first-order valence-electron chi connectivity index (χ1n) is 8.13. The molecule has 1 N–H and O–H groups in total. The van der Waals surface area contributed by atoms with Crippen molar-refractivity contribution in [2.45, 2.75) is 33.0 Å². The highest BCUT2D eigenvalue weighted by Gasteiger charge is 2.15. The summed E-state index contributed by atoms with van der Waals surface area (Å²) < 4.78 is 3.09. The molecule has 0 bridgehead atoms. The van der Waals surface area contributed by atoms with E-state index in [4.69, 9.17) is 0 Å². The van der Waals surface area contributed by atoms with Gasteiger partial charge >= 0.3 is 5.69 Å². The number of nitrogens with zero attached hydrogens (tertiary/aromatic N) is 2. The summed E-state index contributed by atoms with van der Waals surface area (Å²) >= 11 is 1.29. The van der Waals surface area contributed by atoms with E-state index in [1.165, 1.54) is 20.5 Å². The smallest absolute Gasteiger partial charge is 0.332 e. The fourth-order valence-electron chi connectivity index (χ4n) is 2.70.